The van der Waals surface area contributed by atoms with Crippen molar-refractivity contribution in [2.45, 2.75) is 0 Å². The molecule has 0 radical (unpaired) electrons. The van der Waals surface area contributed by atoms with E-state index in [0.717, 1.165) is 0 Å². The molecule has 0 aliphatic rings. The van der Waals surface area contributed by atoms with Crippen LogP contribution in [-0.2, 0) is 7.05 Å². The quantitative estimate of drug-likeness (QED) is 0.714. The fourth-order valence-electron chi connectivity index (χ4n) is 1.98. The Labute approximate surface area is 102 Å². The molecule has 0 atom stereocenters. The van der Waals surface area contributed by atoms with Gasteiger partial charge in [-0.05, 0) is 24.3 Å². The zero-order valence-corrected chi connectivity index (χ0v) is 9.63. The van der Waals surface area contributed by atoms with Crippen molar-refractivity contribution in [3.63, 3.8) is 0 Å². The van der Waals surface area contributed by atoms with E-state index in [9.17, 15) is 9.50 Å². The number of hydrogen-bond donors (Lipinski definition) is 1. The summed E-state index contributed by atoms with van der Waals surface area (Å²) in [6.45, 7) is 0. The summed E-state index contributed by atoms with van der Waals surface area (Å²) in [5, 5.41) is 9.78. The number of imidazole rings is 1. The van der Waals surface area contributed by atoms with Gasteiger partial charge in [-0.25, -0.2) is 9.37 Å². The first-order valence-corrected chi connectivity index (χ1v) is 5.42. The lowest BCUT2D eigenvalue weighted by molar-refractivity contribution is 0.474. The molecule has 0 saturated heterocycles. The van der Waals surface area contributed by atoms with Gasteiger partial charge in [0, 0.05) is 13.2 Å². The number of hydrogen-bond acceptors (Lipinski definition) is 3. The smallest absolute Gasteiger partial charge is 0.144 e. The van der Waals surface area contributed by atoms with Crippen molar-refractivity contribution in [3.05, 3.63) is 42.5 Å². The van der Waals surface area contributed by atoms with Gasteiger partial charge in [0.05, 0.1) is 22.8 Å². The van der Waals surface area contributed by atoms with Crippen LogP contribution in [0, 0.1) is 5.82 Å². The fourth-order valence-corrected chi connectivity index (χ4v) is 1.98. The number of fused-ring (bicyclic) bond motifs is 1. The van der Waals surface area contributed by atoms with Gasteiger partial charge in [-0.3, -0.25) is 4.98 Å². The first kappa shape index (κ1) is 10.7. The van der Waals surface area contributed by atoms with Gasteiger partial charge in [0.15, 0.2) is 0 Å². The highest BCUT2D eigenvalue weighted by Crippen LogP contribution is 2.29. The zero-order chi connectivity index (χ0) is 12.7. The van der Waals surface area contributed by atoms with Crippen LogP contribution < -0.4 is 0 Å². The van der Waals surface area contributed by atoms with Gasteiger partial charge in [0.2, 0.25) is 0 Å². The van der Waals surface area contributed by atoms with Gasteiger partial charge in [-0.1, -0.05) is 0 Å². The Morgan fingerprint density at radius 3 is 2.89 bits per heavy atom. The molecule has 5 heteroatoms. The van der Waals surface area contributed by atoms with Gasteiger partial charge in [0.1, 0.15) is 17.4 Å². The van der Waals surface area contributed by atoms with Crippen LogP contribution in [0.2, 0.25) is 0 Å². The van der Waals surface area contributed by atoms with Crippen molar-refractivity contribution in [1.29, 1.82) is 0 Å². The van der Waals surface area contributed by atoms with Crippen molar-refractivity contribution in [1.82, 2.24) is 14.5 Å². The predicted molar refractivity (Wildman–Crippen MR) is 65.6 cm³/mol. The van der Waals surface area contributed by atoms with Crippen LogP contribution in [0.5, 0.6) is 5.75 Å². The number of benzene rings is 1. The average Bonchev–Trinajstić information content (AvgIpc) is 2.68. The number of rotatable bonds is 1. The molecular weight excluding hydrogens is 233 g/mol. The molecule has 0 unspecified atom stereocenters. The van der Waals surface area contributed by atoms with Crippen LogP contribution in [0.3, 0.4) is 0 Å². The summed E-state index contributed by atoms with van der Waals surface area (Å²) in [5.41, 5.74) is 1.94. The van der Waals surface area contributed by atoms with Crippen LogP contribution in [0.15, 0.2) is 36.7 Å². The first-order chi connectivity index (χ1) is 8.66. The van der Waals surface area contributed by atoms with Gasteiger partial charge < -0.3 is 9.67 Å². The van der Waals surface area contributed by atoms with E-state index < -0.39 is 0 Å². The maximum absolute atomic E-state index is 13.2. The average molecular weight is 243 g/mol. The molecular formula is C13H10FN3O. The summed E-state index contributed by atoms with van der Waals surface area (Å²) in [6.07, 6.45) is 2.93. The number of aromatic hydroxyl groups is 1. The summed E-state index contributed by atoms with van der Waals surface area (Å²) in [7, 11) is 1.78. The van der Waals surface area contributed by atoms with Crippen molar-refractivity contribution in [3.8, 4) is 17.1 Å². The lowest BCUT2D eigenvalue weighted by atomic mass is 10.2. The number of halogens is 1. The molecule has 0 fully saturated rings. The van der Waals surface area contributed by atoms with Crippen LogP contribution >= 0.6 is 0 Å². The maximum Gasteiger partial charge on any atom is 0.144 e. The minimum Gasteiger partial charge on any atom is -0.506 e. The highest BCUT2D eigenvalue weighted by atomic mass is 19.1. The second kappa shape index (κ2) is 3.80. The Morgan fingerprint density at radius 2 is 2.11 bits per heavy atom. The van der Waals surface area contributed by atoms with Gasteiger partial charge in [0.25, 0.3) is 0 Å². The minimum atomic E-state index is -0.309. The molecule has 1 N–H and O–H groups in total. The molecule has 90 valence electrons. The summed E-state index contributed by atoms with van der Waals surface area (Å²) >= 11 is 0. The van der Waals surface area contributed by atoms with Crippen molar-refractivity contribution >= 4 is 11.0 Å². The molecule has 0 aliphatic heterocycles. The van der Waals surface area contributed by atoms with E-state index in [0.29, 0.717) is 22.4 Å². The molecule has 0 amide bonds. The minimum absolute atomic E-state index is 0.0522. The molecule has 0 bridgehead atoms. The lowest BCUT2D eigenvalue weighted by Gasteiger charge is -2.03. The summed E-state index contributed by atoms with van der Waals surface area (Å²) < 4.78 is 15.0. The molecule has 0 aliphatic carbocycles. The third-order valence-corrected chi connectivity index (χ3v) is 2.88. The summed E-state index contributed by atoms with van der Waals surface area (Å²) in [4.78, 5) is 8.21. The van der Waals surface area contributed by atoms with Crippen molar-refractivity contribution in [2.24, 2.45) is 7.05 Å². The Bertz CT molecular complexity index is 736. The third-order valence-electron chi connectivity index (χ3n) is 2.88. The topological polar surface area (TPSA) is 50.9 Å². The standard InChI is InChI=1S/C13H10FN3O/c1-17-11-6-8(14)2-3-10(11)16-13(17)9-4-5-15-7-12(9)18/h2-7,18H,1H3. The van der Waals surface area contributed by atoms with E-state index in [1.165, 1.54) is 18.3 Å². The zero-order valence-electron chi connectivity index (χ0n) is 9.63. The Hall–Kier alpha value is -2.43. The number of pyridine rings is 1. The second-order valence-electron chi connectivity index (χ2n) is 4.02. The largest absolute Gasteiger partial charge is 0.506 e. The highest BCUT2D eigenvalue weighted by Gasteiger charge is 2.13. The number of nitrogens with zero attached hydrogens (tertiary/aromatic N) is 3. The Morgan fingerprint density at radius 1 is 1.28 bits per heavy atom. The van der Waals surface area contributed by atoms with Gasteiger partial charge in [-0.15, -0.1) is 0 Å². The lowest BCUT2D eigenvalue weighted by Crippen LogP contribution is -1.93. The molecule has 2 heterocycles. The SMILES string of the molecule is Cn1c(-c2ccncc2O)nc2ccc(F)cc21. The van der Waals surface area contributed by atoms with Crippen LogP contribution in [0.25, 0.3) is 22.4 Å². The van der Waals surface area contributed by atoms with Crippen LogP contribution in [-0.4, -0.2) is 19.6 Å². The van der Waals surface area contributed by atoms with Crippen LogP contribution in [0.1, 0.15) is 0 Å². The molecule has 2 aromatic heterocycles. The Balaban J connectivity index is 2.31. The monoisotopic (exact) mass is 243 g/mol. The van der Waals surface area contributed by atoms with E-state index in [-0.39, 0.29) is 11.6 Å². The van der Waals surface area contributed by atoms with E-state index in [1.54, 1.807) is 29.9 Å². The van der Waals surface area contributed by atoms with Gasteiger partial charge >= 0.3 is 0 Å². The second-order valence-corrected chi connectivity index (χ2v) is 4.02. The fraction of sp³-hybridized carbons (Fsp3) is 0.0769. The van der Waals surface area contributed by atoms with E-state index in [2.05, 4.69) is 9.97 Å². The Kier molecular flexibility index (Phi) is 2.26. The molecule has 1 aromatic carbocycles. The molecule has 3 rings (SSSR count). The summed E-state index contributed by atoms with van der Waals surface area (Å²) in [6, 6.07) is 6.08. The summed E-state index contributed by atoms with van der Waals surface area (Å²) in [5.74, 6) is 0.322. The van der Waals surface area contributed by atoms with E-state index in [1.807, 2.05) is 0 Å². The molecule has 0 spiro atoms. The molecule has 4 nitrogen and oxygen atoms in total. The van der Waals surface area contributed by atoms with Crippen molar-refractivity contribution < 1.29 is 9.50 Å². The normalized spacial score (nSPS) is 11.0. The first-order valence-electron chi connectivity index (χ1n) is 5.42. The third kappa shape index (κ3) is 1.52. The van der Waals surface area contributed by atoms with Crippen molar-refractivity contribution in [2.75, 3.05) is 0 Å². The van der Waals surface area contributed by atoms with E-state index >= 15 is 0 Å². The molecule has 0 saturated carbocycles. The van der Waals surface area contributed by atoms with Crippen LogP contribution in [0.4, 0.5) is 4.39 Å². The number of aromatic nitrogens is 3. The predicted octanol–water partition coefficient (Wildman–Crippen LogP) is 2.48. The number of aryl methyl sites for hydroxylation is 1. The highest BCUT2D eigenvalue weighted by molar-refractivity contribution is 5.81. The van der Waals surface area contributed by atoms with Gasteiger partial charge in [-0.2, -0.15) is 0 Å². The molecule has 3 aromatic rings. The molecule has 18 heavy (non-hydrogen) atoms. The van der Waals surface area contributed by atoms with E-state index in [4.69, 9.17) is 0 Å². The maximum atomic E-state index is 13.2.